The Balaban J connectivity index is 1.53. The van der Waals surface area contributed by atoms with Crippen molar-refractivity contribution >= 4 is 0 Å². The van der Waals surface area contributed by atoms with E-state index in [4.69, 9.17) is 4.98 Å². The van der Waals surface area contributed by atoms with Crippen LogP contribution >= 0.6 is 0 Å². The summed E-state index contributed by atoms with van der Waals surface area (Å²) in [6.45, 7) is 7.21. The molecular weight excluding hydrogens is 296 g/mol. The third-order valence-corrected chi connectivity index (χ3v) is 4.70. The quantitative estimate of drug-likeness (QED) is 0.802. The van der Waals surface area contributed by atoms with Crippen molar-refractivity contribution in [2.45, 2.75) is 33.4 Å². The molecule has 0 atom stereocenters. The predicted molar refractivity (Wildman–Crippen MR) is 95.6 cm³/mol. The van der Waals surface area contributed by atoms with Gasteiger partial charge in [0.25, 0.3) is 0 Å². The summed E-state index contributed by atoms with van der Waals surface area (Å²) < 4.78 is 0. The van der Waals surface area contributed by atoms with Crippen LogP contribution in [-0.4, -0.2) is 26.4 Å². The van der Waals surface area contributed by atoms with Crippen LogP contribution in [0.15, 0.2) is 42.6 Å². The van der Waals surface area contributed by atoms with Gasteiger partial charge in [0.15, 0.2) is 5.82 Å². The number of aromatic nitrogens is 3. The summed E-state index contributed by atoms with van der Waals surface area (Å²) in [5.74, 6) is 0.833. The molecule has 24 heavy (non-hydrogen) atoms. The summed E-state index contributed by atoms with van der Waals surface area (Å²) in [7, 11) is 0. The molecule has 1 aliphatic heterocycles. The van der Waals surface area contributed by atoms with Gasteiger partial charge in [-0.25, -0.2) is 9.97 Å². The Labute approximate surface area is 142 Å². The molecule has 1 aliphatic rings. The standard InChI is InChI=1S/C20H22N4/c1-14-10-17(15(2)22-14)12-24-9-8-19-18(13-24)11-21-20(23-19)16-6-4-3-5-7-16/h3-7,10-11,22H,8-9,12-13H2,1-2H3. The molecule has 0 saturated heterocycles. The lowest BCUT2D eigenvalue weighted by Crippen LogP contribution is -2.31. The monoisotopic (exact) mass is 318 g/mol. The number of H-pyrrole nitrogens is 1. The third kappa shape index (κ3) is 2.97. The predicted octanol–water partition coefficient (Wildman–Crippen LogP) is 3.65. The number of aryl methyl sites for hydroxylation is 2. The SMILES string of the molecule is Cc1cc(CN2CCc3nc(-c4ccccc4)ncc3C2)c(C)[nH]1. The van der Waals surface area contributed by atoms with Gasteiger partial charge >= 0.3 is 0 Å². The highest BCUT2D eigenvalue weighted by Gasteiger charge is 2.19. The fourth-order valence-corrected chi connectivity index (χ4v) is 3.42. The molecule has 0 saturated carbocycles. The van der Waals surface area contributed by atoms with Crippen molar-refractivity contribution < 1.29 is 0 Å². The highest BCUT2D eigenvalue weighted by Crippen LogP contribution is 2.22. The number of benzene rings is 1. The molecule has 0 amide bonds. The zero-order valence-electron chi connectivity index (χ0n) is 14.2. The van der Waals surface area contributed by atoms with Gasteiger partial charge in [0.05, 0.1) is 5.69 Å². The summed E-state index contributed by atoms with van der Waals surface area (Å²) >= 11 is 0. The van der Waals surface area contributed by atoms with Crippen LogP contribution in [0.3, 0.4) is 0 Å². The van der Waals surface area contributed by atoms with E-state index in [0.29, 0.717) is 0 Å². The Bertz CT molecular complexity index is 851. The van der Waals surface area contributed by atoms with Gasteiger partial charge in [0.2, 0.25) is 0 Å². The number of aromatic amines is 1. The largest absolute Gasteiger partial charge is 0.362 e. The molecule has 0 unspecified atom stereocenters. The van der Waals surface area contributed by atoms with Gasteiger partial charge in [0.1, 0.15) is 0 Å². The maximum atomic E-state index is 4.80. The molecule has 0 aliphatic carbocycles. The average molecular weight is 318 g/mol. The molecule has 3 heterocycles. The van der Waals surface area contributed by atoms with E-state index in [1.54, 1.807) is 0 Å². The number of nitrogens with one attached hydrogen (secondary N) is 1. The maximum absolute atomic E-state index is 4.80. The molecule has 0 fully saturated rings. The zero-order chi connectivity index (χ0) is 16.5. The fourth-order valence-electron chi connectivity index (χ4n) is 3.42. The summed E-state index contributed by atoms with van der Waals surface area (Å²) in [6.07, 6.45) is 2.99. The number of rotatable bonds is 3. The van der Waals surface area contributed by atoms with Gasteiger partial charge in [-0.2, -0.15) is 0 Å². The van der Waals surface area contributed by atoms with Crippen LogP contribution in [0.25, 0.3) is 11.4 Å². The Morgan fingerprint density at radius 1 is 1.17 bits per heavy atom. The van der Waals surface area contributed by atoms with E-state index in [0.717, 1.165) is 37.4 Å². The first-order chi connectivity index (χ1) is 11.7. The smallest absolute Gasteiger partial charge is 0.159 e. The summed E-state index contributed by atoms with van der Waals surface area (Å²) in [5, 5.41) is 0. The van der Waals surface area contributed by atoms with Crippen molar-refractivity contribution in [3.05, 3.63) is 70.8 Å². The van der Waals surface area contributed by atoms with Crippen LogP contribution in [0, 0.1) is 13.8 Å². The van der Waals surface area contributed by atoms with E-state index in [1.807, 2.05) is 24.4 Å². The summed E-state index contributed by atoms with van der Waals surface area (Å²) in [5.41, 5.74) is 7.43. The highest BCUT2D eigenvalue weighted by atomic mass is 15.1. The molecule has 0 spiro atoms. The number of nitrogens with zero attached hydrogens (tertiary/aromatic N) is 3. The molecule has 1 aromatic carbocycles. The Morgan fingerprint density at radius 3 is 2.75 bits per heavy atom. The van der Waals surface area contributed by atoms with E-state index in [-0.39, 0.29) is 0 Å². The first-order valence-corrected chi connectivity index (χ1v) is 8.47. The van der Waals surface area contributed by atoms with Crippen LogP contribution < -0.4 is 0 Å². The van der Waals surface area contributed by atoms with Crippen LogP contribution in [0.1, 0.15) is 28.2 Å². The molecule has 0 bridgehead atoms. The lowest BCUT2D eigenvalue weighted by Gasteiger charge is -2.28. The molecule has 0 radical (unpaired) electrons. The molecule has 2 aromatic heterocycles. The van der Waals surface area contributed by atoms with Crippen molar-refractivity contribution in [2.75, 3.05) is 6.54 Å². The summed E-state index contributed by atoms with van der Waals surface area (Å²) in [4.78, 5) is 15.3. The van der Waals surface area contributed by atoms with Gasteiger partial charge < -0.3 is 4.98 Å². The first-order valence-electron chi connectivity index (χ1n) is 8.47. The van der Waals surface area contributed by atoms with Crippen molar-refractivity contribution in [2.24, 2.45) is 0 Å². The minimum absolute atomic E-state index is 0.833. The number of hydrogen-bond donors (Lipinski definition) is 1. The maximum Gasteiger partial charge on any atom is 0.159 e. The lowest BCUT2D eigenvalue weighted by atomic mass is 10.1. The average Bonchev–Trinajstić information content (AvgIpc) is 2.92. The third-order valence-electron chi connectivity index (χ3n) is 4.70. The van der Waals surface area contributed by atoms with E-state index < -0.39 is 0 Å². The van der Waals surface area contributed by atoms with Crippen LogP contribution in [0.5, 0.6) is 0 Å². The van der Waals surface area contributed by atoms with Gasteiger partial charge in [-0.1, -0.05) is 30.3 Å². The van der Waals surface area contributed by atoms with E-state index in [1.165, 1.54) is 28.2 Å². The van der Waals surface area contributed by atoms with Crippen molar-refractivity contribution in [1.82, 2.24) is 19.9 Å². The molecular formula is C20H22N4. The fraction of sp³-hybridized carbons (Fsp3) is 0.300. The topological polar surface area (TPSA) is 44.8 Å². The van der Waals surface area contributed by atoms with E-state index in [2.05, 4.69) is 46.9 Å². The highest BCUT2D eigenvalue weighted by molar-refractivity contribution is 5.54. The van der Waals surface area contributed by atoms with Gasteiger partial charge in [-0.15, -0.1) is 0 Å². The van der Waals surface area contributed by atoms with E-state index >= 15 is 0 Å². The van der Waals surface area contributed by atoms with Gasteiger partial charge in [-0.05, 0) is 25.5 Å². The molecule has 4 rings (SSSR count). The van der Waals surface area contributed by atoms with Crippen molar-refractivity contribution in [3.63, 3.8) is 0 Å². The molecule has 122 valence electrons. The lowest BCUT2D eigenvalue weighted by molar-refractivity contribution is 0.242. The van der Waals surface area contributed by atoms with Crippen molar-refractivity contribution in [3.8, 4) is 11.4 Å². The zero-order valence-corrected chi connectivity index (χ0v) is 14.2. The first kappa shape index (κ1) is 15.1. The van der Waals surface area contributed by atoms with Crippen LogP contribution in [0.4, 0.5) is 0 Å². The molecule has 4 heteroatoms. The Morgan fingerprint density at radius 2 is 2.00 bits per heavy atom. The van der Waals surface area contributed by atoms with Crippen LogP contribution in [0.2, 0.25) is 0 Å². The number of hydrogen-bond acceptors (Lipinski definition) is 3. The Kier molecular flexibility index (Phi) is 3.90. The normalized spacial score (nSPS) is 14.6. The number of fused-ring (bicyclic) bond motifs is 1. The molecule has 1 N–H and O–H groups in total. The summed E-state index contributed by atoms with van der Waals surface area (Å²) in [6, 6.07) is 12.5. The van der Waals surface area contributed by atoms with Crippen molar-refractivity contribution in [1.29, 1.82) is 0 Å². The van der Waals surface area contributed by atoms with Gasteiger partial charge in [-0.3, -0.25) is 4.90 Å². The molecule has 3 aromatic rings. The minimum Gasteiger partial charge on any atom is -0.362 e. The second-order valence-corrected chi connectivity index (χ2v) is 6.59. The second-order valence-electron chi connectivity index (χ2n) is 6.59. The molecule has 4 nitrogen and oxygen atoms in total. The second kappa shape index (κ2) is 6.21. The Hall–Kier alpha value is -2.46. The van der Waals surface area contributed by atoms with Crippen LogP contribution in [-0.2, 0) is 19.5 Å². The van der Waals surface area contributed by atoms with E-state index in [9.17, 15) is 0 Å². The van der Waals surface area contributed by atoms with Gasteiger partial charge in [0, 0.05) is 54.8 Å². The minimum atomic E-state index is 0.833.